The summed E-state index contributed by atoms with van der Waals surface area (Å²) in [6.07, 6.45) is -0.665. The maximum absolute atomic E-state index is 12.6. The lowest BCUT2D eigenvalue weighted by atomic mass is 10.2. The standard InChI is InChI=1S/C26H27N3O3/c30-26(25-19-31-23-8-4-5-9-24(23)32-25)27-21-10-12-22(13-11-21)29-16-14-28(15-17-29)18-20-6-2-1-3-7-20/h1-13,25H,14-19H2,(H,27,30). The van der Waals surface area contributed by atoms with Gasteiger partial charge in [-0.3, -0.25) is 9.69 Å². The van der Waals surface area contributed by atoms with Gasteiger partial charge in [0.2, 0.25) is 6.10 Å². The predicted octanol–water partition coefficient (Wildman–Crippen LogP) is 3.79. The first-order chi connectivity index (χ1) is 15.7. The van der Waals surface area contributed by atoms with Crippen LogP contribution >= 0.6 is 0 Å². The predicted molar refractivity (Wildman–Crippen MR) is 125 cm³/mol. The molecule has 1 N–H and O–H groups in total. The van der Waals surface area contributed by atoms with E-state index in [4.69, 9.17) is 9.47 Å². The largest absolute Gasteiger partial charge is 0.485 e. The Kier molecular flexibility index (Phi) is 5.94. The summed E-state index contributed by atoms with van der Waals surface area (Å²) < 4.78 is 11.4. The minimum Gasteiger partial charge on any atom is -0.485 e. The van der Waals surface area contributed by atoms with Crippen molar-refractivity contribution >= 4 is 17.3 Å². The first kappa shape index (κ1) is 20.4. The number of fused-ring (bicyclic) bond motifs is 1. The van der Waals surface area contributed by atoms with Gasteiger partial charge < -0.3 is 19.7 Å². The van der Waals surface area contributed by atoms with Gasteiger partial charge in [0.05, 0.1) is 0 Å². The number of amides is 1. The number of nitrogens with zero attached hydrogens (tertiary/aromatic N) is 2. The second-order valence-corrected chi connectivity index (χ2v) is 8.15. The lowest BCUT2D eigenvalue weighted by molar-refractivity contribution is -0.125. The monoisotopic (exact) mass is 429 g/mol. The second kappa shape index (κ2) is 9.32. The van der Waals surface area contributed by atoms with E-state index < -0.39 is 6.10 Å². The van der Waals surface area contributed by atoms with Crippen molar-refractivity contribution in [3.63, 3.8) is 0 Å². The molecule has 1 amide bonds. The molecule has 32 heavy (non-hydrogen) atoms. The molecule has 2 heterocycles. The van der Waals surface area contributed by atoms with Crippen molar-refractivity contribution < 1.29 is 14.3 Å². The third-order valence-corrected chi connectivity index (χ3v) is 5.92. The number of ether oxygens (including phenoxy) is 2. The Balaban J connectivity index is 1.13. The van der Waals surface area contributed by atoms with E-state index in [9.17, 15) is 4.79 Å². The van der Waals surface area contributed by atoms with Gasteiger partial charge in [0.1, 0.15) is 6.61 Å². The van der Waals surface area contributed by atoms with Crippen LogP contribution in [0.3, 0.4) is 0 Å². The molecule has 3 aromatic rings. The van der Waals surface area contributed by atoms with Crippen LogP contribution < -0.4 is 19.7 Å². The Morgan fingerprint density at radius 2 is 1.53 bits per heavy atom. The minimum absolute atomic E-state index is 0.203. The number of nitrogens with one attached hydrogen (secondary N) is 1. The Hall–Kier alpha value is -3.51. The van der Waals surface area contributed by atoms with E-state index in [1.807, 2.05) is 36.4 Å². The van der Waals surface area contributed by atoms with E-state index >= 15 is 0 Å². The van der Waals surface area contributed by atoms with Gasteiger partial charge in [0, 0.05) is 44.1 Å². The molecule has 1 saturated heterocycles. The molecule has 0 radical (unpaired) electrons. The minimum atomic E-state index is -0.665. The number of carbonyl (C=O) groups is 1. The van der Waals surface area contributed by atoms with Crippen LogP contribution in [0.5, 0.6) is 11.5 Å². The third kappa shape index (κ3) is 4.70. The van der Waals surface area contributed by atoms with Crippen molar-refractivity contribution in [3.8, 4) is 11.5 Å². The molecule has 0 aromatic heterocycles. The van der Waals surface area contributed by atoms with Gasteiger partial charge in [-0.1, -0.05) is 42.5 Å². The smallest absolute Gasteiger partial charge is 0.269 e. The van der Waals surface area contributed by atoms with Crippen LogP contribution in [0.4, 0.5) is 11.4 Å². The zero-order valence-corrected chi connectivity index (χ0v) is 17.9. The molecule has 0 aliphatic carbocycles. The van der Waals surface area contributed by atoms with Crippen LogP contribution in [0.1, 0.15) is 5.56 Å². The van der Waals surface area contributed by atoms with E-state index in [1.165, 1.54) is 11.3 Å². The van der Waals surface area contributed by atoms with E-state index in [1.54, 1.807) is 0 Å². The Morgan fingerprint density at radius 3 is 2.28 bits per heavy atom. The Bertz CT molecular complexity index is 1050. The lowest BCUT2D eigenvalue weighted by Gasteiger charge is -2.36. The number of rotatable bonds is 5. The van der Waals surface area contributed by atoms with Gasteiger partial charge in [-0.25, -0.2) is 0 Å². The highest BCUT2D eigenvalue weighted by Crippen LogP contribution is 2.31. The summed E-state index contributed by atoms with van der Waals surface area (Å²) >= 11 is 0. The second-order valence-electron chi connectivity index (χ2n) is 8.15. The van der Waals surface area contributed by atoms with Crippen LogP contribution in [0.25, 0.3) is 0 Å². The highest BCUT2D eigenvalue weighted by molar-refractivity contribution is 5.94. The first-order valence-electron chi connectivity index (χ1n) is 11.1. The van der Waals surface area contributed by atoms with Crippen molar-refractivity contribution in [1.29, 1.82) is 0 Å². The molecule has 0 spiro atoms. The maximum Gasteiger partial charge on any atom is 0.269 e. The molecule has 6 nitrogen and oxygen atoms in total. The van der Waals surface area contributed by atoms with Crippen LogP contribution in [0.15, 0.2) is 78.9 Å². The Morgan fingerprint density at radius 1 is 0.844 bits per heavy atom. The molecular formula is C26H27N3O3. The summed E-state index contributed by atoms with van der Waals surface area (Å²) in [5.74, 6) is 1.06. The van der Waals surface area contributed by atoms with E-state index in [0.717, 1.165) is 38.4 Å². The SMILES string of the molecule is O=C(Nc1ccc(N2CCN(Cc3ccccc3)CC2)cc1)C1COc2ccccc2O1. The average Bonchev–Trinajstić information content (AvgIpc) is 2.85. The quantitative estimate of drug-likeness (QED) is 0.669. The summed E-state index contributed by atoms with van der Waals surface area (Å²) in [4.78, 5) is 17.5. The zero-order valence-electron chi connectivity index (χ0n) is 17.9. The van der Waals surface area contributed by atoms with Gasteiger partial charge in [0.25, 0.3) is 5.91 Å². The third-order valence-electron chi connectivity index (χ3n) is 5.92. The number of hydrogen-bond acceptors (Lipinski definition) is 5. The molecule has 6 heteroatoms. The molecule has 5 rings (SSSR count). The summed E-state index contributed by atoms with van der Waals surface area (Å²) in [5, 5.41) is 2.94. The molecule has 1 unspecified atom stereocenters. The number of para-hydroxylation sites is 2. The first-order valence-corrected chi connectivity index (χ1v) is 11.1. The fourth-order valence-corrected chi connectivity index (χ4v) is 4.13. The number of hydrogen-bond donors (Lipinski definition) is 1. The topological polar surface area (TPSA) is 54.0 Å². The highest BCUT2D eigenvalue weighted by atomic mass is 16.6. The van der Waals surface area contributed by atoms with Gasteiger partial charge in [-0.2, -0.15) is 0 Å². The van der Waals surface area contributed by atoms with Gasteiger partial charge in [-0.05, 0) is 42.0 Å². The molecule has 1 atom stereocenters. The fourth-order valence-electron chi connectivity index (χ4n) is 4.13. The molecule has 1 fully saturated rings. The van der Waals surface area contributed by atoms with Crippen molar-refractivity contribution in [2.75, 3.05) is 43.0 Å². The normalized spacial score (nSPS) is 18.2. The van der Waals surface area contributed by atoms with Crippen molar-refractivity contribution in [1.82, 2.24) is 4.90 Å². The molecular weight excluding hydrogens is 402 g/mol. The molecule has 164 valence electrons. The van der Waals surface area contributed by atoms with E-state index in [-0.39, 0.29) is 12.5 Å². The fraction of sp³-hybridized carbons (Fsp3) is 0.269. The van der Waals surface area contributed by atoms with Crippen LogP contribution in [0.2, 0.25) is 0 Å². The molecule has 3 aromatic carbocycles. The average molecular weight is 430 g/mol. The number of carbonyl (C=O) groups excluding carboxylic acids is 1. The van der Waals surface area contributed by atoms with E-state index in [2.05, 4.69) is 57.6 Å². The summed E-state index contributed by atoms with van der Waals surface area (Å²) in [5.41, 5.74) is 3.29. The number of benzene rings is 3. The molecule has 2 aliphatic heterocycles. The van der Waals surface area contributed by atoms with Crippen LogP contribution in [-0.4, -0.2) is 49.7 Å². The maximum atomic E-state index is 12.6. The number of anilines is 2. The summed E-state index contributed by atoms with van der Waals surface area (Å²) in [6.45, 7) is 5.25. The lowest BCUT2D eigenvalue weighted by Crippen LogP contribution is -2.45. The van der Waals surface area contributed by atoms with Gasteiger partial charge in [-0.15, -0.1) is 0 Å². The van der Waals surface area contributed by atoms with Gasteiger partial charge in [0.15, 0.2) is 11.5 Å². The molecule has 2 aliphatic rings. The van der Waals surface area contributed by atoms with Crippen molar-refractivity contribution in [3.05, 3.63) is 84.4 Å². The van der Waals surface area contributed by atoms with Crippen LogP contribution in [0, 0.1) is 0 Å². The Labute approximate surface area is 188 Å². The number of piperazine rings is 1. The van der Waals surface area contributed by atoms with Gasteiger partial charge >= 0.3 is 0 Å². The zero-order chi connectivity index (χ0) is 21.8. The molecule has 0 saturated carbocycles. The van der Waals surface area contributed by atoms with Crippen molar-refractivity contribution in [2.24, 2.45) is 0 Å². The summed E-state index contributed by atoms with van der Waals surface area (Å²) in [6, 6.07) is 26.0. The van der Waals surface area contributed by atoms with Crippen LogP contribution in [-0.2, 0) is 11.3 Å². The molecule has 0 bridgehead atoms. The van der Waals surface area contributed by atoms with Crippen molar-refractivity contribution in [2.45, 2.75) is 12.6 Å². The highest BCUT2D eigenvalue weighted by Gasteiger charge is 2.27. The van der Waals surface area contributed by atoms with E-state index in [0.29, 0.717) is 11.5 Å². The summed E-state index contributed by atoms with van der Waals surface area (Å²) in [7, 11) is 0.